The van der Waals surface area contributed by atoms with Gasteiger partial charge in [0.1, 0.15) is 5.82 Å². The highest BCUT2D eigenvalue weighted by atomic mass is 19.1. The first-order valence-electron chi connectivity index (χ1n) is 7.56. The maximum Gasteiger partial charge on any atom is 0.251 e. The van der Waals surface area contributed by atoms with Crippen molar-refractivity contribution in [1.82, 2.24) is 10.7 Å². The molecule has 2 amide bonds. The second-order valence-electron chi connectivity index (χ2n) is 5.07. The molecule has 0 saturated carbocycles. The van der Waals surface area contributed by atoms with Crippen LogP contribution in [0.2, 0.25) is 0 Å². The van der Waals surface area contributed by atoms with Crippen LogP contribution in [0.25, 0.3) is 0 Å². The van der Waals surface area contributed by atoms with Crippen LogP contribution in [0.3, 0.4) is 0 Å². The molecule has 0 aliphatic rings. The molecule has 0 heterocycles. The number of halogens is 1. The van der Waals surface area contributed by atoms with Crippen LogP contribution in [-0.2, 0) is 4.79 Å². The summed E-state index contributed by atoms with van der Waals surface area (Å²) in [6.07, 6.45) is 2.20. The first-order valence-corrected chi connectivity index (χ1v) is 7.56. The summed E-state index contributed by atoms with van der Waals surface area (Å²) in [4.78, 5) is 23.4. The molecule has 0 aliphatic heterocycles. The third kappa shape index (κ3) is 6.00. The van der Waals surface area contributed by atoms with Gasteiger partial charge in [0.2, 0.25) is 5.91 Å². The van der Waals surface area contributed by atoms with E-state index in [1.807, 2.05) is 6.07 Å². The predicted molar refractivity (Wildman–Crippen MR) is 90.1 cm³/mol. The lowest BCUT2D eigenvalue weighted by atomic mass is 10.2. The second-order valence-corrected chi connectivity index (χ2v) is 5.07. The molecular weight excluding hydrogens is 309 g/mol. The summed E-state index contributed by atoms with van der Waals surface area (Å²) in [7, 11) is 0. The van der Waals surface area contributed by atoms with Crippen LogP contribution in [0.1, 0.15) is 28.8 Å². The lowest BCUT2D eigenvalue weighted by molar-refractivity contribution is -0.121. The lowest BCUT2D eigenvalue weighted by Crippen LogP contribution is -2.26. The van der Waals surface area contributed by atoms with Crippen molar-refractivity contribution in [1.29, 1.82) is 0 Å². The molecule has 0 atom stereocenters. The van der Waals surface area contributed by atoms with Crippen molar-refractivity contribution in [2.24, 2.45) is 5.10 Å². The Bertz CT molecular complexity index is 700. The van der Waals surface area contributed by atoms with E-state index in [1.165, 1.54) is 18.3 Å². The molecule has 2 aromatic rings. The third-order valence-electron chi connectivity index (χ3n) is 3.18. The maximum absolute atomic E-state index is 12.7. The van der Waals surface area contributed by atoms with Crippen molar-refractivity contribution in [3.63, 3.8) is 0 Å². The lowest BCUT2D eigenvalue weighted by Gasteiger charge is -2.04. The van der Waals surface area contributed by atoms with E-state index in [-0.39, 0.29) is 24.1 Å². The monoisotopic (exact) mass is 327 g/mol. The molecule has 2 N–H and O–H groups in total. The third-order valence-corrected chi connectivity index (χ3v) is 3.18. The minimum absolute atomic E-state index is 0.162. The van der Waals surface area contributed by atoms with Crippen molar-refractivity contribution in [2.75, 3.05) is 6.54 Å². The molecule has 2 rings (SSSR count). The molecule has 6 heteroatoms. The Labute approximate surface area is 139 Å². The Morgan fingerprint density at radius 2 is 1.75 bits per heavy atom. The number of benzene rings is 2. The largest absolute Gasteiger partial charge is 0.352 e. The Hall–Kier alpha value is -3.02. The van der Waals surface area contributed by atoms with Gasteiger partial charge in [-0.15, -0.1) is 0 Å². The Morgan fingerprint density at radius 3 is 2.46 bits per heavy atom. The Kier molecular flexibility index (Phi) is 6.64. The van der Waals surface area contributed by atoms with E-state index < -0.39 is 0 Å². The Balaban J connectivity index is 1.63. The van der Waals surface area contributed by atoms with Gasteiger partial charge in [0.05, 0.1) is 6.21 Å². The van der Waals surface area contributed by atoms with Crippen molar-refractivity contribution in [3.8, 4) is 0 Å². The van der Waals surface area contributed by atoms with Gasteiger partial charge in [0.15, 0.2) is 0 Å². The van der Waals surface area contributed by atoms with Crippen LogP contribution in [-0.4, -0.2) is 24.6 Å². The zero-order valence-electron chi connectivity index (χ0n) is 13.0. The minimum Gasteiger partial charge on any atom is -0.352 e. The van der Waals surface area contributed by atoms with Crippen LogP contribution in [0, 0.1) is 5.82 Å². The highest BCUT2D eigenvalue weighted by Crippen LogP contribution is 2.00. The van der Waals surface area contributed by atoms with Crippen LogP contribution in [0.5, 0.6) is 0 Å². The van der Waals surface area contributed by atoms with E-state index in [4.69, 9.17) is 0 Å². The molecule has 0 fully saturated rings. The molecular formula is C18H18FN3O2. The fraction of sp³-hybridized carbons (Fsp3) is 0.167. The number of nitrogens with one attached hydrogen (secondary N) is 2. The van der Waals surface area contributed by atoms with Crippen molar-refractivity contribution in [3.05, 3.63) is 71.5 Å². The molecule has 0 bridgehead atoms. The van der Waals surface area contributed by atoms with Crippen molar-refractivity contribution in [2.45, 2.75) is 12.8 Å². The van der Waals surface area contributed by atoms with Gasteiger partial charge >= 0.3 is 0 Å². The summed E-state index contributed by atoms with van der Waals surface area (Å²) in [5.74, 6) is -0.735. The number of carbonyl (C=O) groups is 2. The molecule has 2 aromatic carbocycles. The van der Waals surface area contributed by atoms with Crippen LogP contribution < -0.4 is 10.7 Å². The van der Waals surface area contributed by atoms with Gasteiger partial charge in [0.25, 0.3) is 5.91 Å². The number of carbonyl (C=O) groups excluding carboxylic acids is 2. The maximum atomic E-state index is 12.7. The van der Waals surface area contributed by atoms with Gasteiger partial charge < -0.3 is 5.32 Å². The minimum atomic E-state index is -0.325. The molecule has 5 nitrogen and oxygen atoms in total. The van der Waals surface area contributed by atoms with Crippen LogP contribution >= 0.6 is 0 Å². The molecule has 24 heavy (non-hydrogen) atoms. The predicted octanol–water partition coefficient (Wildman–Crippen LogP) is 2.49. The zero-order chi connectivity index (χ0) is 17.2. The van der Waals surface area contributed by atoms with Crippen LogP contribution in [0.4, 0.5) is 4.39 Å². The van der Waals surface area contributed by atoms with E-state index in [9.17, 15) is 14.0 Å². The van der Waals surface area contributed by atoms with E-state index in [0.29, 0.717) is 24.1 Å². The molecule has 0 aliphatic carbocycles. The second kappa shape index (κ2) is 9.19. The number of hydrogen-bond donors (Lipinski definition) is 2. The summed E-state index contributed by atoms with van der Waals surface area (Å²) in [5.41, 5.74) is 3.67. The number of hydrazone groups is 1. The summed E-state index contributed by atoms with van der Waals surface area (Å²) in [6, 6.07) is 14.6. The molecule has 0 radical (unpaired) electrons. The Morgan fingerprint density at radius 1 is 1.04 bits per heavy atom. The molecule has 0 saturated heterocycles. The quantitative estimate of drug-likeness (QED) is 0.466. The first kappa shape index (κ1) is 17.3. The number of nitrogens with zero attached hydrogens (tertiary/aromatic N) is 1. The van der Waals surface area contributed by atoms with Gasteiger partial charge in [-0.1, -0.05) is 30.3 Å². The fourth-order valence-corrected chi connectivity index (χ4v) is 1.93. The van der Waals surface area contributed by atoms with Gasteiger partial charge in [-0.2, -0.15) is 5.10 Å². The van der Waals surface area contributed by atoms with E-state index in [2.05, 4.69) is 15.8 Å². The standard InChI is InChI=1S/C18H18FN3O2/c19-16-10-8-14(9-11-16)13-21-22-17(23)7-4-12-20-18(24)15-5-2-1-3-6-15/h1-3,5-6,8-11,13H,4,7,12H2,(H,20,24)(H,22,23)/b21-13+. The normalized spacial score (nSPS) is 10.5. The summed E-state index contributed by atoms with van der Waals surface area (Å²) >= 11 is 0. The number of rotatable bonds is 7. The smallest absolute Gasteiger partial charge is 0.251 e. The van der Waals surface area contributed by atoms with Gasteiger partial charge in [0, 0.05) is 18.5 Å². The topological polar surface area (TPSA) is 70.6 Å². The van der Waals surface area contributed by atoms with Gasteiger partial charge in [-0.25, -0.2) is 9.82 Å². The summed E-state index contributed by atoms with van der Waals surface area (Å²) in [6.45, 7) is 0.406. The SMILES string of the molecule is O=C(CCCNC(=O)c1ccccc1)N/N=C/c1ccc(F)cc1. The van der Waals surface area contributed by atoms with Crippen LogP contribution in [0.15, 0.2) is 59.7 Å². The van der Waals surface area contributed by atoms with E-state index in [1.54, 1.807) is 36.4 Å². The van der Waals surface area contributed by atoms with E-state index in [0.717, 1.165) is 0 Å². The average molecular weight is 327 g/mol. The molecule has 0 unspecified atom stereocenters. The molecule has 124 valence electrons. The summed E-state index contributed by atoms with van der Waals surface area (Å²) in [5, 5.41) is 6.55. The average Bonchev–Trinajstić information content (AvgIpc) is 2.61. The fourth-order valence-electron chi connectivity index (χ4n) is 1.93. The highest BCUT2D eigenvalue weighted by molar-refractivity contribution is 5.94. The van der Waals surface area contributed by atoms with Crippen molar-refractivity contribution >= 4 is 18.0 Å². The van der Waals surface area contributed by atoms with Gasteiger partial charge in [-0.05, 0) is 36.2 Å². The first-order chi connectivity index (χ1) is 11.6. The molecule has 0 spiro atoms. The highest BCUT2D eigenvalue weighted by Gasteiger charge is 2.04. The zero-order valence-corrected chi connectivity index (χ0v) is 13.0. The summed E-state index contributed by atoms with van der Waals surface area (Å²) < 4.78 is 12.7. The number of amides is 2. The number of hydrogen-bond acceptors (Lipinski definition) is 3. The molecule has 0 aromatic heterocycles. The van der Waals surface area contributed by atoms with Gasteiger partial charge in [-0.3, -0.25) is 9.59 Å². The van der Waals surface area contributed by atoms with E-state index >= 15 is 0 Å². The van der Waals surface area contributed by atoms with Crippen molar-refractivity contribution < 1.29 is 14.0 Å².